The summed E-state index contributed by atoms with van der Waals surface area (Å²) in [7, 11) is 0. The third-order valence-corrected chi connectivity index (χ3v) is 2.24. The number of unbranched alkanes of at least 4 members (excludes halogenated alkanes) is 2. The summed E-state index contributed by atoms with van der Waals surface area (Å²) in [4.78, 5) is 10.2. The molecule has 0 spiro atoms. The Kier molecular flexibility index (Phi) is 17.8. The monoisotopic (exact) mass is 292 g/mol. The first kappa shape index (κ1) is 21.6. The number of ether oxygens (including phenoxy) is 4. The van der Waals surface area contributed by atoms with Crippen LogP contribution in [0.2, 0.25) is 0 Å². The van der Waals surface area contributed by atoms with Crippen LogP contribution in [0.25, 0.3) is 0 Å². The van der Waals surface area contributed by atoms with Gasteiger partial charge in [0.2, 0.25) is 0 Å². The Bertz CT molecular complexity index is 198. The average molecular weight is 292 g/mol. The van der Waals surface area contributed by atoms with Gasteiger partial charge in [-0.15, -0.1) is 0 Å². The molecule has 20 heavy (non-hydrogen) atoms. The molecule has 0 aliphatic heterocycles. The SMILES string of the molecule is CCCCCOC(C)=O.CCOC(C)OC(C)OCC. The minimum Gasteiger partial charge on any atom is -0.466 e. The molecule has 2 atom stereocenters. The lowest BCUT2D eigenvalue weighted by Gasteiger charge is -2.18. The Morgan fingerprint density at radius 2 is 1.45 bits per heavy atom. The molecule has 0 bridgehead atoms. The topological polar surface area (TPSA) is 54.0 Å². The lowest BCUT2D eigenvalue weighted by atomic mass is 10.3. The van der Waals surface area contributed by atoms with Gasteiger partial charge in [0.05, 0.1) is 6.61 Å². The quantitative estimate of drug-likeness (QED) is 0.350. The number of hydrogen-bond donors (Lipinski definition) is 0. The molecule has 0 heterocycles. The second-order valence-corrected chi connectivity index (χ2v) is 4.23. The molecule has 0 aliphatic carbocycles. The Morgan fingerprint density at radius 1 is 0.950 bits per heavy atom. The summed E-state index contributed by atoms with van der Waals surface area (Å²) in [6.07, 6.45) is 2.95. The zero-order valence-electron chi connectivity index (χ0n) is 13.9. The molecule has 0 fully saturated rings. The van der Waals surface area contributed by atoms with Gasteiger partial charge in [-0.1, -0.05) is 19.8 Å². The van der Waals surface area contributed by atoms with Crippen LogP contribution in [0.4, 0.5) is 0 Å². The van der Waals surface area contributed by atoms with Gasteiger partial charge in [0, 0.05) is 20.1 Å². The van der Waals surface area contributed by atoms with Crippen molar-refractivity contribution in [2.75, 3.05) is 19.8 Å². The summed E-state index contributed by atoms with van der Waals surface area (Å²) in [6.45, 7) is 13.1. The van der Waals surface area contributed by atoms with Crippen LogP contribution in [-0.2, 0) is 23.7 Å². The third kappa shape index (κ3) is 19.7. The minimum absolute atomic E-state index is 0.175. The molecular formula is C15H32O5. The van der Waals surface area contributed by atoms with E-state index in [0.29, 0.717) is 19.8 Å². The van der Waals surface area contributed by atoms with Crippen LogP contribution in [0.15, 0.2) is 0 Å². The van der Waals surface area contributed by atoms with Crippen molar-refractivity contribution in [2.24, 2.45) is 0 Å². The van der Waals surface area contributed by atoms with E-state index in [9.17, 15) is 4.79 Å². The van der Waals surface area contributed by atoms with E-state index in [-0.39, 0.29) is 18.5 Å². The molecule has 5 nitrogen and oxygen atoms in total. The van der Waals surface area contributed by atoms with Crippen molar-refractivity contribution >= 4 is 5.97 Å². The second kappa shape index (κ2) is 16.4. The molecule has 0 aromatic heterocycles. The number of esters is 1. The van der Waals surface area contributed by atoms with Crippen molar-refractivity contribution in [3.05, 3.63) is 0 Å². The highest BCUT2D eigenvalue weighted by atomic mass is 16.8. The fourth-order valence-corrected chi connectivity index (χ4v) is 1.39. The van der Waals surface area contributed by atoms with Gasteiger partial charge in [-0.05, 0) is 34.1 Å². The Morgan fingerprint density at radius 3 is 1.80 bits per heavy atom. The molecule has 122 valence electrons. The summed E-state index contributed by atoms with van der Waals surface area (Å²) >= 11 is 0. The summed E-state index contributed by atoms with van der Waals surface area (Å²) < 4.78 is 20.3. The lowest BCUT2D eigenvalue weighted by molar-refractivity contribution is -0.228. The van der Waals surface area contributed by atoms with E-state index in [1.165, 1.54) is 13.3 Å². The molecular weight excluding hydrogens is 260 g/mol. The van der Waals surface area contributed by atoms with Crippen molar-refractivity contribution in [2.45, 2.75) is 73.4 Å². The number of rotatable bonds is 10. The smallest absolute Gasteiger partial charge is 0.302 e. The minimum atomic E-state index is -0.179. The molecule has 0 radical (unpaired) electrons. The molecule has 5 heteroatoms. The van der Waals surface area contributed by atoms with Crippen molar-refractivity contribution in [3.63, 3.8) is 0 Å². The second-order valence-electron chi connectivity index (χ2n) is 4.23. The maximum atomic E-state index is 10.2. The van der Waals surface area contributed by atoms with E-state index in [4.69, 9.17) is 18.9 Å². The standard InChI is InChI=1S/C8H18O3.C7H14O2/c1-5-9-7(3)11-8(4)10-6-2;1-3-4-5-6-9-7(2)8/h7-8H,5-6H2,1-4H3;3-6H2,1-2H3. The molecule has 0 aromatic rings. The first-order valence-electron chi connectivity index (χ1n) is 7.49. The first-order chi connectivity index (χ1) is 9.47. The summed E-state index contributed by atoms with van der Waals surface area (Å²) in [5.74, 6) is -0.175. The van der Waals surface area contributed by atoms with Gasteiger partial charge >= 0.3 is 5.97 Å². The van der Waals surface area contributed by atoms with Crippen molar-refractivity contribution < 1.29 is 23.7 Å². The van der Waals surface area contributed by atoms with Crippen molar-refractivity contribution in [3.8, 4) is 0 Å². The highest BCUT2D eigenvalue weighted by Crippen LogP contribution is 2.00. The van der Waals surface area contributed by atoms with E-state index in [1.54, 1.807) is 0 Å². The first-order valence-corrected chi connectivity index (χ1v) is 7.49. The lowest BCUT2D eigenvalue weighted by Crippen LogP contribution is -2.22. The molecule has 0 rings (SSSR count). The van der Waals surface area contributed by atoms with Crippen molar-refractivity contribution in [1.82, 2.24) is 0 Å². The van der Waals surface area contributed by atoms with Crippen LogP contribution in [-0.4, -0.2) is 38.4 Å². The van der Waals surface area contributed by atoms with Gasteiger partial charge in [-0.25, -0.2) is 0 Å². The highest BCUT2D eigenvalue weighted by molar-refractivity contribution is 5.65. The number of carbonyl (C=O) groups is 1. The average Bonchev–Trinajstić information content (AvgIpc) is 2.35. The fraction of sp³-hybridized carbons (Fsp3) is 0.933. The summed E-state index contributed by atoms with van der Waals surface area (Å²) in [5.41, 5.74) is 0. The van der Waals surface area contributed by atoms with Gasteiger partial charge in [-0.3, -0.25) is 4.79 Å². The van der Waals surface area contributed by atoms with Gasteiger partial charge in [0.1, 0.15) is 0 Å². The Labute approximate surface area is 123 Å². The predicted molar refractivity (Wildman–Crippen MR) is 79.4 cm³/mol. The van der Waals surface area contributed by atoms with Crippen LogP contribution in [0.1, 0.15) is 60.8 Å². The van der Waals surface area contributed by atoms with E-state index < -0.39 is 0 Å². The zero-order valence-corrected chi connectivity index (χ0v) is 13.9. The fourth-order valence-electron chi connectivity index (χ4n) is 1.39. The molecule has 0 N–H and O–H groups in total. The molecule has 0 saturated heterocycles. The van der Waals surface area contributed by atoms with E-state index in [0.717, 1.165) is 12.8 Å². The summed E-state index contributed by atoms with van der Waals surface area (Å²) in [5, 5.41) is 0. The van der Waals surface area contributed by atoms with Gasteiger partial charge in [0.15, 0.2) is 12.6 Å². The van der Waals surface area contributed by atoms with Gasteiger partial charge in [-0.2, -0.15) is 0 Å². The van der Waals surface area contributed by atoms with E-state index in [1.807, 2.05) is 27.7 Å². The van der Waals surface area contributed by atoms with Crippen LogP contribution < -0.4 is 0 Å². The van der Waals surface area contributed by atoms with Gasteiger partial charge < -0.3 is 18.9 Å². The maximum absolute atomic E-state index is 10.2. The van der Waals surface area contributed by atoms with Crippen LogP contribution in [0.5, 0.6) is 0 Å². The molecule has 0 saturated carbocycles. The van der Waals surface area contributed by atoms with Crippen molar-refractivity contribution in [1.29, 1.82) is 0 Å². The molecule has 2 unspecified atom stereocenters. The maximum Gasteiger partial charge on any atom is 0.302 e. The normalized spacial score (nSPS) is 13.1. The Balaban J connectivity index is 0. The zero-order chi connectivity index (χ0) is 15.8. The van der Waals surface area contributed by atoms with Crippen LogP contribution in [0.3, 0.4) is 0 Å². The third-order valence-electron chi connectivity index (χ3n) is 2.24. The number of hydrogen-bond acceptors (Lipinski definition) is 5. The van der Waals surface area contributed by atoms with Crippen LogP contribution in [0, 0.1) is 0 Å². The summed E-state index contributed by atoms with van der Waals surface area (Å²) in [6, 6.07) is 0. The highest BCUT2D eigenvalue weighted by Gasteiger charge is 2.06. The predicted octanol–water partition coefficient (Wildman–Crippen LogP) is 3.51. The van der Waals surface area contributed by atoms with Crippen LogP contribution >= 0.6 is 0 Å². The number of carbonyl (C=O) groups excluding carboxylic acids is 1. The largest absolute Gasteiger partial charge is 0.466 e. The Hall–Kier alpha value is -0.650. The van der Waals surface area contributed by atoms with E-state index in [2.05, 4.69) is 6.92 Å². The molecule has 0 aliphatic rings. The molecule has 0 aromatic carbocycles. The van der Waals surface area contributed by atoms with Gasteiger partial charge in [0.25, 0.3) is 0 Å². The molecule has 0 amide bonds. The van der Waals surface area contributed by atoms with E-state index >= 15 is 0 Å².